The van der Waals surface area contributed by atoms with E-state index in [1.54, 1.807) is 0 Å². The first-order chi connectivity index (χ1) is 12.6. The number of fused-ring (bicyclic) bond motifs is 1. The summed E-state index contributed by atoms with van der Waals surface area (Å²) < 4.78 is 11.4. The molecule has 5 nitrogen and oxygen atoms in total. The van der Waals surface area contributed by atoms with Gasteiger partial charge in [-0.25, -0.2) is 4.79 Å². The number of thiophene rings is 1. The monoisotopic (exact) mass is 377 g/mol. The van der Waals surface area contributed by atoms with Crippen LogP contribution in [0.1, 0.15) is 54.8 Å². The van der Waals surface area contributed by atoms with Gasteiger partial charge in [-0.1, -0.05) is 32.8 Å². The van der Waals surface area contributed by atoms with Crippen molar-refractivity contribution in [1.82, 2.24) is 5.32 Å². The van der Waals surface area contributed by atoms with Crippen LogP contribution in [0.15, 0.2) is 24.3 Å². The Morgan fingerprint density at radius 1 is 1.04 bits per heavy atom. The molecular formula is C20H27NO4S. The summed E-state index contributed by atoms with van der Waals surface area (Å²) in [6, 6.07) is 7.90. The molecular weight excluding hydrogens is 350 g/mol. The summed E-state index contributed by atoms with van der Waals surface area (Å²) in [5.41, 5.74) is 1.06. The minimum atomic E-state index is -0.255. The molecule has 0 saturated heterocycles. The molecule has 0 spiro atoms. The fourth-order valence-electron chi connectivity index (χ4n) is 2.37. The minimum absolute atomic E-state index is 0.195. The lowest BCUT2D eigenvalue weighted by atomic mass is 10.1. The molecule has 2 rings (SSSR count). The van der Waals surface area contributed by atoms with Gasteiger partial charge in [0.05, 0.1) is 19.8 Å². The molecule has 26 heavy (non-hydrogen) atoms. The Bertz CT molecular complexity index is 726. The van der Waals surface area contributed by atoms with Gasteiger partial charge in [-0.15, -0.1) is 11.3 Å². The number of carbonyl (C=O) groups excluding carboxylic acids is 2. The van der Waals surface area contributed by atoms with Crippen LogP contribution in [0.2, 0.25) is 0 Å². The number of unbranched alkanes of at least 4 members (excludes halogenated alkanes) is 2. The smallest absolute Gasteiger partial charge is 0.348 e. The zero-order chi connectivity index (χ0) is 18.8. The summed E-state index contributed by atoms with van der Waals surface area (Å²) in [4.78, 5) is 24.3. The van der Waals surface area contributed by atoms with Crippen molar-refractivity contribution in [2.75, 3.05) is 19.8 Å². The number of esters is 2. The van der Waals surface area contributed by atoms with E-state index in [1.165, 1.54) is 11.3 Å². The molecule has 1 aromatic heterocycles. The first kappa shape index (κ1) is 20.4. The van der Waals surface area contributed by atoms with Gasteiger partial charge in [-0.2, -0.15) is 0 Å². The number of hydrogen-bond donors (Lipinski definition) is 1. The average molecular weight is 378 g/mol. The second kappa shape index (κ2) is 10.9. The van der Waals surface area contributed by atoms with Crippen molar-refractivity contribution in [2.45, 2.75) is 46.1 Å². The lowest BCUT2D eigenvalue weighted by Crippen LogP contribution is -2.24. The molecule has 0 amide bonds. The molecule has 0 aliphatic rings. The van der Waals surface area contributed by atoms with Crippen molar-refractivity contribution < 1.29 is 19.1 Å². The zero-order valence-electron chi connectivity index (χ0n) is 15.5. The van der Waals surface area contributed by atoms with E-state index in [2.05, 4.69) is 19.2 Å². The standard InChI is InChI=1S/C20H27NO4S/c1-3-5-9-24-19(22)14-21-13-15-7-8-17-16(11-15)12-18(26-17)20(23)25-10-6-4-2/h7-8,11-12,21H,3-6,9-10,13-14H2,1-2H3. The Morgan fingerprint density at radius 2 is 1.77 bits per heavy atom. The van der Waals surface area contributed by atoms with Gasteiger partial charge in [-0.3, -0.25) is 4.79 Å². The van der Waals surface area contributed by atoms with Crippen LogP contribution in [0.5, 0.6) is 0 Å². The van der Waals surface area contributed by atoms with Gasteiger partial charge < -0.3 is 14.8 Å². The third kappa shape index (κ3) is 6.42. The van der Waals surface area contributed by atoms with Crippen LogP contribution >= 0.6 is 11.3 Å². The maximum absolute atomic E-state index is 12.1. The molecule has 0 fully saturated rings. The Hall–Kier alpha value is -1.92. The van der Waals surface area contributed by atoms with Gasteiger partial charge in [0, 0.05) is 11.2 Å². The highest BCUT2D eigenvalue weighted by molar-refractivity contribution is 7.20. The summed E-state index contributed by atoms with van der Waals surface area (Å²) in [6.07, 6.45) is 3.79. The highest BCUT2D eigenvalue weighted by Gasteiger charge is 2.12. The highest BCUT2D eigenvalue weighted by atomic mass is 32.1. The lowest BCUT2D eigenvalue weighted by molar-refractivity contribution is -0.142. The van der Waals surface area contributed by atoms with E-state index in [9.17, 15) is 9.59 Å². The van der Waals surface area contributed by atoms with E-state index >= 15 is 0 Å². The van der Waals surface area contributed by atoms with Gasteiger partial charge >= 0.3 is 11.9 Å². The molecule has 1 aromatic carbocycles. The van der Waals surface area contributed by atoms with Crippen molar-refractivity contribution in [3.8, 4) is 0 Å². The number of nitrogens with one attached hydrogen (secondary N) is 1. The molecule has 0 aliphatic heterocycles. The number of carbonyl (C=O) groups is 2. The predicted molar refractivity (Wildman–Crippen MR) is 105 cm³/mol. The summed E-state index contributed by atoms with van der Waals surface area (Å²) in [7, 11) is 0. The van der Waals surface area contributed by atoms with Crippen molar-refractivity contribution in [1.29, 1.82) is 0 Å². The van der Waals surface area contributed by atoms with Crippen molar-refractivity contribution in [2.24, 2.45) is 0 Å². The summed E-state index contributed by atoms with van der Waals surface area (Å²) in [5, 5.41) is 4.11. The maximum Gasteiger partial charge on any atom is 0.348 e. The van der Waals surface area contributed by atoms with Crippen LogP contribution in [0.25, 0.3) is 10.1 Å². The molecule has 0 bridgehead atoms. The Labute approximate surface area is 158 Å². The molecule has 1 heterocycles. The first-order valence-corrected chi connectivity index (χ1v) is 10.0. The third-order valence-electron chi connectivity index (χ3n) is 3.87. The van der Waals surface area contributed by atoms with Crippen molar-refractivity contribution in [3.63, 3.8) is 0 Å². The second-order valence-corrected chi connectivity index (χ2v) is 7.23. The number of hydrogen-bond acceptors (Lipinski definition) is 6. The Morgan fingerprint density at radius 3 is 2.50 bits per heavy atom. The predicted octanol–water partition coefficient (Wildman–Crippen LogP) is 4.29. The molecule has 0 aliphatic carbocycles. The fraction of sp³-hybridized carbons (Fsp3) is 0.500. The minimum Gasteiger partial charge on any atom is -0.465 e. The summed E-state index contributed by atoms with van der Waals surface area (Å²) >= 11 is 1.44. The molecule has 1 N–H and O–H groups in total. The van der Waals surface area contributed by atoms with Crippen LogP contribution in [-0.4, -0.2) is 31.7 Å². The van der Waals surface area contributed by atoms with E-state index < -0.39 is 0 Å². The Balaban J connectivity index is 1.86. The molecule has 6 heteroatoms. The van der Waals surface area contributed by atoms with Gasteiger partial charge in [0.1, 0.15) is 4.88 Å². The zero-order valence-corrected chi connectivity index (χ0v) is 16.3. The molecule has 2 aromatic rings. The molecule has 0 atom stereocenters. The van der Waals surface area contributed by atoms with E-state index in [-0.39, 0.29) is 18.5 Å². The van der Waals surface area contributed by atoms with E-state index in [1.807, 2.05) is 24.3 Å². The summed E-state index contributed by atoms with van der Waals surface area (Å²) in [5.74, 6) is -0.485. The molecule has 0 unspecified atom stereocenters. The number of rotatable bonds is 11. The SMILES string of the molecule is CCCCOC(=O)CNCc1ccc2sc(C(=O)OCCCC)cc2c1. The lowest BCUT2D eigenvalue weighted by Gasteiger charge is -2.06. The largest absolute Gasteiger partial charge is 0.465 e. The van der Waals surface area contributed by atoms with E-state index in [0.717, 1.165) is 41.3 Å². The highest BCUT2D eigenvalue weighted by Crippen LogP contribution is 2.27. The van der Waals surface area contributed by atoms with E-state index in [0.29, 0.717) is 24.6 Å². The average Bonchev–Trinajstić information content (AvgIpc) is 3.05. The van der Waals surface area contributed by atoms with Crippen LogP contribution in [0, 0.1) is 0 Å². The van der Waals surface area contributed by atoms with Crippen molar-refractivity contribution >= 4 is 33.4 Å². The quantitative estimate of drug-likeness (QED) is 0.467. The third-order valence-corrected chi connectivity index (χ3v) is 4.97. The van der Waals surface area contributed by atoms with Crippen LogP contribution < -0.4 is 5.32 Å². The molecule has 142 valence electrons. The van der Waals surface area contributed by atoms with Crippen molar-refractivity contribution in [3.05, 3.63) is 34.7 Å². The fourth-order valence-corrected chi connectivity index (χ4v) is 3.31. The van der Waals surface area contributed by atoms with Crippen LogP contribution in [0.4, 0.5) is 0 Å². The van der Waals surface area contributed by atoms with Gasteiger partial charge in [0.15, 0.2) is 0 Å². The molecule has 0 saturated carbocycles. The van der Waals surface area contributed by atoms with Crippen LogP contribution in [0.3, 0.4) is 0 Å². The number of benzene rings is 1. The Kier molecular flexibility index (Phi) is 8.58. The van der Waals surface area contributed by atoms with Gasteiger partial charge in [0.25, 0.3) is 0 Å². The first-order valence-electron chi connectivity index (χ1n) is 9.20. The van der Waals surface area contributed by atoms with Crippen LogP contribution in [-0.2, 0) is 20.8 Å². The van der Waals surface area contributed by atoms with E-state index in [4.69, 9.17) is 9.47 Å². The number of ether oxygens (including phenoxy) is 2. The summed E-state index contributed by atoms with van der Waals surface area (Å²) in [6.45, 7) is 5.84. The second-order valence-electron chi connectivity index (χ2n) is 6.15. The normalized spacial score (nSPS) is 10.8. The molecule has 0 radical (unpaired) electrons. The van der Waals surface area contributed by atoms with Gasteiger partial charge in [0.2, 0.25) is 0 Å². The topological polar surface area (TPSA) is 64.6 Å². The van der Waals surface area contributed by atoms with Gasteiger partial charge in [-0.05, 0) is 42.0 Å². The maximum atomic E-state index is 12.1.